The molecule has 0 rings (SSSR count). The number of likely N-dealkylation sites (N-methyl/N-ethyl adjacent to an activating group) is 1. The molecule has 15 heavy (non-hydrogen) atoms. The van der Waals surface area contributed by atoms with Gasteiger partial charge in [-0.3, -0.25) is 4.90 Å². The van der Waals surface area contributed by atoms with E-state index in [0.29, 0.717) is 11.6 Å². The summed E-state index contributed by atoms with van der Waals surface area (Å²) in [5.74, 6) is 0. The first-order valence-electron chi connectivity index (χ1n) is 6.38. The van der Waals surface area contributed by atoms with Crippen LogP contribution in [0.4, 0.5) is 0 Å². The van der Waals surface area contributed by atoms with E-state index in [1.165, 1.54) is 19.3 Å². The molecule has 0 aliphatic carbocycles. The molecule has 2 nitrogen and oxygen atoms in total. The van der Waals surface area contributed by atoms with Gasteiger partial charge >= 0.3 is 0 Å². The van der Waals surface area contributed by atoms with Crippen molar-refractivity contribution >= 4 is 0 Å². The second-order valence-corrected chi connectivity index (χ2v) is 5.23. The van der Waals surface area contributed by atoms with Gasteiger partial charge in [0.1, 0.15) is 0 Å². The minimum Gasteiger partial charge on any atom is -0.313 e. The summed E-state index contributed by atoms with van der Waals surface area (Å²) < 4.78 is 0. The standard InChI is InChI=1S/C13H30N2/c1-7-9-12(3)14-10-11-15(6)13(4,5)8-2/h12,14H,7-11H2,1-6H3. The average molecular weight is 214 g/mol. The summed E-state index contributed by atoms with van der Waals surface area (Å²) in [4.78, 5) is 2.44. The molecule has 0 aliphatic rings. The highest BCUT2D eigenvalue weighted by molar-refractivity contribution is 4.77. The van der Waals surface area contributed by atoms with E-state index in [9.17, 15) is 0 Å². The van der Waals surface area contributed by atoms with E-state index in [4.69, 9.17) is 0 Å². The molecule has 0 bridgehead atoms. The monoisotopic (exact) mass is 214 g/mol. The minimum absolute atomic E-state index is 0.329. The maximum atomic E-state index is 3.57. The summed E-state index contributed by atoms with van der Waals surface area (Å²) >= 11 is 0. The van der Waals surface area contributed by atoms with Gasteiger partial charge in [-0.2, -0.15) is 0 Å². The zero-order valence-electron chi connectivity index (χ0n) is 11.6. The third-order valence-electron chi connectivity index (χ3n) is 3.56. The van der Waals surface area contributed by atoms with Crippen LogP contribution in [-0.2, 0) is 0 Å². The van der Waals surface area contributed by atoms with Gasteiger partial charge < -0.3 is 5.32 Å². The molecule has 0 saturated heterocycles. The maximum absolute atomic E-state index is 3.57. The van der Waals surface area contributed by atoms with Crippen molar-refractivity contribution in [2.75, 3.05) is 20.1 Å². The molecular formula is C13H30N2. The van der Waals surface area contributed by atoms with E-state index in [1.807, 2.05) is 0 Å². The van der Waals surface area contributed by atoms with Crippen molar-refractivity contribution in [3.8, 4) is 0 Å². The normalized spacial score (nSPS) is 14.6. The molecule has 1 unspecified atom stereocenters. The lowest BCUT2D eigenvalue weighted by atomic mass is 10.0. The Morgan fingerprint density at radius 1 is 1.27 bits per heavy atom. The Bertz CT molecular complexity index is 155. The molecule has 0 aromatic rings. The number of nitrogens with one attached hydrogen (secondary N) is 1. The van der Waals surface area contributed by atoms with Gasteiger partial charge in [0.25, 0.3) is 0 Å². The lowest BCUT2D eigenvalue weighted by Gasteiger charge is -2.35. The smallest absolute Gasteiger partial charge is 0.0148 e. The number of nitrogens with zero attached hydrogens (tertiary/aromatic N) is 1. The molecule has 2 heteroatoms. The van der Waals surface area contributed by atoms with Crippen LogP contribution < -0.4 is 5.32 Å². The summed E-state index contributed by atoms with van der Waals surface area (Å²) in [6.45, 7) is 13.6. The van der Waals surface area contributed by atoms with Gasteiger partial charge in [-0.15, -0.1) is 0 Å². The summed E-state index contributed by atoms with van der Waals surface area (Å²) in [5, 5.41) is 3.57. The van der Waals surface area contributed by atoms with E-state index in [1.54, 1.807) is 0 Å². The Morgan fingerprint density at radius 3 is 2.33 bits per heavy atom. The number of hydrogen-bond acceptors (Lipinski definition) is 2. The van der Waals surface area contributed by atoms with Crippen LogP contribution in [0.3, 0.4) is 0 Å². The molecule has 0 spiro atoms. The van der Waals surface area contributed by atoms with E-state index in [-0.39, 0.29) is 0 Å². The Labute approximate surface area is 96.4 Å². The van der Waals surface area contributed by atoms with E-state index < -0.39 is 0 Å². The molecule has 0 heterocycles. The maximum Gasteiger partial charge on any atom is 0.0148 e. The molecule has 0 aliphatic heterocycles. The summed E-state index contributed by atoms with van der Waals surface area (Å²) in [7, 11) is 2.22. The Kier molecular flexibility index (Phi) is 7.20. The van der Waals surface area contributed by atoms with Crippen LogP contribution in [0, 0.1) is 0 Å². The van der Waals surface area contributed by atoms with Crippen molar-refractivity contribution in [2.24, 2.45) is 0 Å². The third-order valence-corrected chi connectivity index (χ3v) is 3.56. The van der Waals surface area contributed by atoms with Gasteiger partial charge in [-0.25, -0.2) is 0 Å². The van der Waals surface area contributed by atoms with Crippen LogP contribution >= 0.6 is 0 Å². The molecule has 0 amide bonds. The van der Waals surface area contributed by atoms with Crippen molar-refractivity contribution in [3.05, 3.63) is 0 Å². The van der Waals surface area contributed by atoms with Crippen molar-refractivity contribution < 1.29 is 0 Å². The second kappa shape index (κ2) is 7.24. The van der Waals surface area contributed by atoms with Crippen LogP contribution in [-0.4, -0.2) is 36.6 Å². The van der Waals surface area contributed by atoms with E-state index >= 15 is 0 Å². The van der Waals surface area contributed by atoms with Crippen LogP contribution in [0.5, 0.6) is 0 Å². The molecule has 0 saturated carbocycles. The topological polar surface area (TPSA) is 15.3 Å². The average Bonchev–Trinajstić information content (AvgIpc) is 2.18. The van der Waals surface area contributed by atoms with Crippen molar-refractivity contribution in [3.63, 3.8) is 0 Å². The second-order valence-electron chi connectivity index (χ2n) is 5.23. The first-order chi connectivity index (χ1) is 6.94. The quantitative estimate of drug-likeness (QED) is 0.668. The van der Waals surface area contributed by atoms with Crippen molar-refractivity contribution in [1.29, 1.82) is 0 Å². The van der Waals surface area contributed by atoms with Gasteiger partial charge in [-0.05, 0) is 40.7 Å². The molecule has 0 radical (unpaired) electrons. The third kappa shape index (κ3) is 6.16. The van der Waals surface area contributed by atoms with E-state index in [0.717, 1.165) is 13.1 Å². The highest BCUT2D eigenvalue weighted by atomic mass is 15.2. The molecule has 1 atom stereocenters. The molecule has 92 valence electrons. The van der Waals surface area contributed by atoms with Crippen molar-refractivity contribution in [1.82, 2.24) is 10.2 Å². The largest absolute Gasteiger partial charge is 0.313 e. The molecular weight excluding hydrogens is 184 g/mol. The molecule has 0 fully saturated rings. The van der Waals surface area contributed by atoms with Crippen LogP contribution in [0.15, 0.2) is 0 Å². The predicted octanol–water partition coefficient (Wildman–Crippen LogP) is 2.89. The first kappa shape index (κ1) is 14.9. The summed E-state index contributed by atoms with van der Waals surface area (Å²) in [6.07, 6.45) is 3.75. The fourth-order valence-electron chi connectivity index (χ4n) is 1.59. The van der Waals surface area contributed by atoms with Gasteiger partial charge in [0.2, 0.25) is 0 Å². The van der Waals surface area contributed by atoms with Crippen LogP contribution in [0.2, 0.25) is 0 Å². The molecule has 1 N–H and O–H groups in total. The van der Waals surface area contributed by atoms with Crippen LogP contribution in [0.25, 0.3) is 0 Å². The Hall–Kier alpha value is -0.0800. The highest BCUT2D eigenvalue weighted by Crippen LogP contribution is 2.15. The highest BCUT2D eigenvalue weighted by Gasteiger charge is 2.20. The summed E-state index contributed by atoms with van der Waals surface area (Å²) in [6, 6.07) is 0.660. The van der Waals surface area contributed by atoms with Gasteiger partial charge in [-0.1, -0.05) is 20.3 Å². The van der Waals surface area contributed by atoms with Crippen molar-refractivity contribution in [2.45, 2.75) is 65.5 Å². The lowest BCUT2D eigenvalue weighted by Crippen LogP contribution is -2.44. The zero-order chi connectivity index (χ0) is 11.9. The molecule has 0 aromatic heterocycles. The van der Waals surface area contributed by atoms with Gasteiger partial charge in [0, 0.05) is 24.7 Å². The zero-order valence-corrected chi connectivity index (χ0v) is 11.6. The fraction of sp³-hybridized carbons (Fsp3) is 1.00. The van der Waals surface area contributed by atoms with E-state index in [2.05, 4.69) is 51.9 Å². The fourth-order valence-corrected chi connectivity index (χ4v) is 1.59. The molecule has 0 aromatic carbocycles. The first-order valence-corrected chi connectivity index (χ1v) is 6.38. The summed E-state index contributed by atoms with van der Waals surface area (Å²) in [5.41, 5.74) is 0.329. The number of rotatable bonds is 8. The van der Waals surface area contributed by atoms with Crippen LogP contribution in [0.1, 0.15) is 53.9 Å². The SMILES string of the molecule is CCCC(C)NCCN(C)C(C)(C)CC. The minimum atomic E-state index is 0.329. The predicted molar refractivity (Wildman–Crippen MR) is 69.4 cm³/mol. The van der Waals surface area contributed by atoms with Gasteiger partial charge in [0.05, 0.1) is 0 Å². The Balaban J connectivity index is 3.67. The van der Waals surface area contributed by atoms with Gasteiger partial charge in [0.15, 0.2) is 0 Å². The Morgan fingerprint density at radius 2 is 1.87 bits per heavy atom. The number of hydrogen-bond donors (Lipinski definition) is 1. The lowest BCUT2D eigenvalue weighted by molar-refractivity contribution is 0.150.